The van der Waals surface area contributed by atoms with Gasteiger partial charge in [-0.2, -0.15) is 5.10 Å². The first-order valence-electron chi connectivity index (χ1n) is 10.6. The molecule has 0 bridgehead atoms. The molecule has 3 rings (SSSR count). The molecule has 10 nitrogen and oxygen atoms in total. The summed E-state index contributed by atoms with van der Waals surface area (Å²) in [4.78, 5) is 46.8. The van der Waals surface area contributed by atoms with E-state index < -0.39 is 16.8 Å². The van der Waals surface area contributed by atoms with Gasteiger partial charge in [0.2, 0.25) is 5.91 Å². The fraction of sp³-hybridized carbons (Fsp3) is 0.120. The van der Waals surface area contributed by atoms with Gasteiger partial charge in [0.05, 0.1) is 16.7 Å². The molecule has 0 spiro atoms. The highest BCUT2D eigenvalue weighted by Crippen LogP contribution is 2.23. The molecule has 2 amide bonds. The number of hydrogen-bond acceptors (Lipinski definition) is 7. The van der Waals surface area contributed by atoms with Gasteiger partial charge < -0.3 is 10.1 Å². The van der Waals surface area contributed by atoms with Gasteiger partial charge in [0, 0.05) is 39.9 Å². The number of halogens is 1. The van der Waals surface area contributed by atoms with Crippen LogP contribution in [0.5, 0.6) is 5.75 Å². The standard InChI is InChI=1S/C25H21ClN4O6/c1-15(2)23(31)28-20-8-3-16(4-9-20)24(32)29-27-14-18-13-19(26)7-12-22(18)36-25(33)17-5-10-21(11-6-17)30(34)35/h3-15H,1-2H3,(H,28,31)(H,29,32)/b27-14+. The predicted octanol–water partition coefficient (Wildman–Crippen LogP) is 4.83. The summed E-state index contributed by atoms with van der Waals surface area (Å²) in [5.74, 6) is -1.43. The summed E-state index contributed by atoms with van der Waals surface area (Å²) in [6.07, 6.45) is 1.26. The number of nitro groups is 1. The summed E-state index contributed by atoms with van der Waals surface area (Å²) in [7, 11) is 0. The van der Waals surface area contributed by atoms with Gasteiger partial charge in [-0.25, -0.2) is 10.2 Å². The minimum absolute atomic E-state index is 0.111. The first-order valence-corrected chi connectivity index (χ1v) is 11.0. The molecule has 11 heteroatoms. The number of anilines is 1. The van der Waals surface area contributed by atoms with Crippen LogP contribution in [0, 0.1) is 16.0 Å². The average Bonchev–Trinajstić information content (AvgIpc) is 2.85. The Morgan fingerprint density at radius 1 is 1.00 bits per heavy atom. The second kappa shape index (κ2) is 11.7. The lowest BCUT2D eigenvalue weighted by molar-refractivity contribution is -0.384. The molecular formula is C25H21ClN4O6. The molecule has 2 N–H and O–H groups in total. The third-order valence-electron chi connectivity index (χ3n) is 4.80. The number of non-ortho nitro benzene ring substituents is 1. The summed E-state index contributed by atoms with van der Waals surface area (Å²) in [5, 5.41) is 17.8. The van der Waals surface area contributed by atoms with Gasteiger partial charge in [0.1, 0.15) is 5.75 Å². The smallest absolute Gasteiger partial charge is 0.343 e. The maximum absolute atomic E-state index is 12.5. The van der Waals surface area contributed by atoms with Crippen LogP contribution in [-0.2, 0) is 4.79 Å². The molecule has 0 aromatic heterocycles. The Kier molecular flexibility index (Phi) is 8.48. The Labute approximate surface area is 211 Å². The fourth-order valence-electron chi connectivity index (χ4n) is 2.81. The topological polar surface area (TPSA) is 140 Å². The number of hydrogen-bond donors (Lipinski definition) is 2. The average molecular weight is 509 g/mol. The van der Waals surface area contributed by atoms with Crippen LogP contribution in [0.15, 0.2) is 71.8 Å². The molecule has 36 heavy (non-hydrogen) atoms. The van der Waals surface area contributed by atoms with Crippen LogP contribution in [0.2, 0.25) is 5.02 Å². The number of benzene rings is 3. The van der Waals surface area contributed by atoms with Crippen molar-refractivity contribution in [3.63, 3.8) is 0 Å². The monoisotopic (exact) mass is 508 g/mol. The maximum atomic E-state index is 12.5. The number of nitrogens with one attached hydrogen (secondary N) is 2. The molecule has 0 aliphatic heterocycles. The largest absolute Gasteiger partial charge is 0.422 e. The van der Waals surface area contributed by atoms with Crippen molar-refractivity contribution < 1.29 is 24.0 Å². The number of esters is 1. The normalized spacial score (nSPS) is 10.8. The van der Waals surface area contributed by atoms with Crippen LogP contribution in [0.1, 0.15) is 40.1 Å². The quantitative estimate of drug-likeness (QED) is 0.147. The van der Waals surface area contributed by atoms with Crippen molar-refractivity contribution in [2.24, 2.45) is 11.0 Å². The van der Waals surface area contributed by atoms with Crippen molar-refractivity contribution >= 4 is 47.0 Å². The number of ether oxygens (including phenoxy) is 1. The minimum atomic E-state index is -0.740. The lowest BCUT2D eigenvalue weighted by Crippen LogP contribution is -2.19. The molecule has 0 heterocycles. The van der Waals surface area contributed by atoms with Crippen LogP contribution >= 0.6 is 11.6 Å². The van der Waals surface area contributed by atoms with Gasteiger partial charge in [-0.3, -0.25) is 19.7 Å². The molecule has 3 aromatic rings. The van der Waals surface area contributed by atoms with Gasteiger partial charge in [0.25, 0.3) is 11.6 Å². The molecule has 0 radical (unpaired) electrons. The van der Waals surface area contributed by atoms with E-state index in [-0.39, 0.29) is 28.8 Å². The Hall–Kier alpha value is -4.57. The van der Waals surface area contributed by atoms with Crippen LogP contribution < -0.4 is 15.5 Å². The SMILES string of the molecule is CC(C)C(=O)Nc1ccc(C(=O)N/N=C/c2cc(Cl)ccc2OC(=O)c2ccc([N+](=O)[O-])cc2)cc1. The van der Waals surface area contributed by atoms with Gasteiger partial charge in [-0.05, 0) is 54.6 Å². The molecule has 0 saturated carbocycles. The van der Waals surface area contributed by atoms with E-state index in [9.17, 15) is 24.5 Å². The summed E-state index contributed by atoms with van der Waals surface area (Å²) < 4.78 is 5.38. The molecule has 3 aromatic carbocycles. The van der Waals surface area contributed by atoms with Crippen molar-refractivity contribution in [3.05, 3.63) is 98.6 Å². The van der Waals surface area contributed by atoms with E-state index in [1.807, 2.05) is 0 Å². The highest BCUT2D eigenvalue weighted by atomic mass is 35.5. The van der Waals surface area contributed by atoms with E-state index in [1.165, 1.54) is 60.8 Å². The number of carbonyl (C=O) groups excluding carboxylic acids is 3. The Morgan fingerprint density at radius 3 is 2.25 bits per heavy atom. The third kappa shape index (κ3) is 6.97. The van der Waals surface area contributed by atoms with E-state index in [0.29, 0.717) is 21.8 Å². The van der Waals surface area contributed by atoms with Gasteiger partial charge in [0.15, 0.2) is 0 Å². The number of rotatable bonds is 8. The van der Waals surface area contributed by atoms with Crippen molar-refractivity contribution in [2.75, 3.05) is 5.32 Å². The number of nitro benzene ring substituents is 1. The van der Waals surface area contributed by atoms with E-state index in [4.69, 9.17) is 16.3 Å². The predicted molar refractivity (Wildman–Crippen MR) is 134 cm³/mol. The van der Waals surface area contributed by atoms with E-state index >= 15 is 0 Å². The van der Waals surface area contributed by atoms with E-state index in [2.05, 4.69) is 15.8 Å². The molecule has 184 valence electrons. The van der Waals surface area contributed by atoms with Gasteiger partial charge in [-0.15, -0.1) is 0 Å². The van der Waals surface area contributed by atoms with Gasteiger partial charge in [-0.1, -0.05) is 25.4 Å². The Balaban J connectivity index is 1.67. The van der Waals surface area contributed by atoms with Crippen molar-refractivity contribution in [1.29, 1.82) is 0 Å². The lowest BCUT2D eigenvalue weighted by Gasteiger charge is -2.09. The maximum Gasteiger partial charge on any atom is 0.343 e. The fourth-order valence-corrected chi connectivity index (χ4v) is 2.99. The molecule has 0 aliphatic carbocycles. The first-order chi connectivity index (χ1) is 17.1. The summed E-state index contributed by atoms with van der Waals surface area (Å²) in [6.45, 7) is 3.55. The zero-order valence-corrected chi connectivity index (χ0v) is 20.0. The number of carbonyl (C=O) groups is 3. The van der Waals surface area contributed by atoms with Crippen LogP contribution in [0.25, 0.3) is 0 Å². The first kappa shape index (κ1) is 26.0. The second-order valence-corrected chi connectivity index (χ2v) is 8.23. The minimum Gasteiger partial charge on any atom is -0.422 e. The summed E-state index contributed by atoms with van der Waals surface area (Å²) in [6, 6.07) is 15.7. The third-order valence-corrected chi connectivity index (χ3v) is 5.03. The molecule has 0 saturated heterocycles. The summed E-state index contributed by atoms with van der Waals surface area (Å²) in [5.41, 5.74) is 3.51. The van der Waals surface area contributed by atoms with Crippen molar-refractivity contribution in [2.45, 2.75) is 13.8 Å². The lowest BCUT2D eigenvalue weighted by atomic mass is 10.1. The zero-order chi connectivity index (χ0) is 26.2. The molecular weight excluding hydrogens is 488 g/mol. The second-order valence-electron chi connectivity index (χ2n) is 7.80. The van der Waals surface area contributed by atoms with Gasteiger partial charge >= 0.3 is 5.97 Å². The molecule has 0 aliphatic rings. The zero-order valence-electron chi connectivity index (χ0n) is 19.2. The number of amides is 2. The van der Waals surface area contributed by atoms with Crippen molar-refractivity contribution in [1.82, 2.24) is 5.43 Å². The molecule has 0 atom stereocenters. The molecule has 0 fully saturated rings. The highest BCUT2D eigenvalue weighted by Gasteiger charge is 2.14. The number of hydrazone groups is 1. The highest BCUT2D eigenvalue weighted by molar-refractivity contribution is 6.31. The number of nitrogens with zero attached hydrogens (tertiary/aromatic N) is 2. The molecule has 0 unspecified atom stereocenters. The van der Waals surface area contributed by atoms with E-state index in [1.54, 1.807) is 26.0 Å². The van der Waals surface area contributed by atoms with E-state index in [0.717, 1.165) is 0 Å². The van der Waals surface area contributed by atoms with Crippen LogP contribution in [-0.4, -0.2) is 28.9 Å². The van der Waals surface area contributed by atoms with Crippen LogP contribution in [0.4, 0.5) is 11.4 Å². The van der Waals surface area contributed by atoms with Crippen molar-refractivity contribution in [3.8, 4) is 5.75 Å². The summed E-state index contributed by atoms with van der Waals surface area (Å²) >= 11 is 6.04. The van der Waals surface area contributed by atoms with Crippen LogP contribution in [0.3, 0.4) is 0 Å². The Bertz CT molecular complexity index is 1320. The Morgan fingerprint density at radius 2 is 1.64 bits per heavy atom.